The summed E-state index contributed by atoms with van der Waals surface area (Å²) in [7, 11) is 1.55. The van der Waals surface area contributed by atoms with Crippen LogP contribution >= 0.6 is 0 Å². The lowest BCUT2D eigenvalue weighted by atomic mass is 10.0. The van der Waals surface area contributed by atoms with Gasteiger partial charge in [-0.15, -0.1) is 0 Å². The smallest absolute Gasteiger partial charge is 0.344 e. The normalized spacial score (nSPS) is 17.8. The van der Waals surface area contributed by atoms with Gasteiger partial charge in [0.15, 0.2) is 11.9 Å². The Morgan fingerprint density at radius 3 is 2.50 bits per heavy atom. The van der Waals surface area contributed by atoms with Gasteiger partial charge in [-0.25, -0.2) is 9.79 Å². The molecule has 5 heteroatoms. The van der Waals surface area contributed by atoms with Gasteiger partial charge in [0.05, 0.1) is 12.8 Å². The van der Waals surface area contributed by atoms with Gasteiger partial charge in [0.25, 0.3) is 0 Å². The highest BCUT2D eigenvalue weighted by atomic mass is 16.6. The third-order valence-corrected chi connectivity index (χ3v) is 3.77. The minimum absolute atomic E-state index is 0.0924. The number of cyclic esters (lactones) is 1. The minimum Gasteiger partial charge on any atom is -0.507 e. The van der Waals surface area contributed by atoms with Crippen molar-refractivity contribution in [1.82, 2.24) is 0 Å². The molecule has 1 aliphatic heterocycles. The predicted octanol–water partition coefficient (Wildman–Crippen LogP) is 3.90. The van der Waals surface area contributed by atoms with E-state index in [0.717, 1.165) is 0 Å². The third kappa shape index (κ3) is 2.88. The van der Waals surface area contributed by atoms with Gasteiger partial charge in [0.1, 0.15) is 17.0 Å². The second-order valence-corrected chi connectivity index (χ2v) is 5.33. The summed E-state index contributed by atoms with van der Waals surface area (Å²) in [5.74, 6) is -0.122. The first-order chi connectivity index (χ1) is 11.6. The fourth-order valence-corrected chi connectivity index (χ4v) is 2.60. The van der Waals surface area contributed by atoms with Crippen LogP contribution in [0, 0.1) is 0 Å². The Morgan fingerprint density at radius 2 is 1.79 bits per heavy atom. The first-order valence-electron chi connectivity index (χ1n) is 7.49. The van der Waals surface area contributed by atoms with Crippen LogP contribution in [0.3, 0.4) is 0 Å². The van der Waals surface area contributed by atoms with Gasteiger partial charge >= 0.3 is 5.97 Å². The number of esters is 1. The van der Waals surface area contributed by atoms with Crippen LogP contribution in [0.2, 0.25) is 0 Å². The number of rotatable bonds is 4. The molecule has 1 heterocycles. The van der Waals surface area contributed by atoms with E-state index in [2.05, 4.69) is 4.99 Å². The van der Waals surface area contributed by atoms with Gasteiger partial charge in [-0.3, -0.25) is 0 Å². The fourth-order valence-electron chi connectivity index (χ4n) is 2.60. The number of aliphatic hydroxyl groups is 1. The van der Waals surface area contributed by atoms with Crippen LogP contribution in [0.1, 0.15) is 18.6 Å². The molecule has 122 valence electrons. The van der Waals surface area contributed by atoms with E-state index >= 15 is 0 Å². The maximum Gasteiger partial charge on any atom is 0.344 e. The molecule has 1 unspecified atom stereocenters. The number of methoxy groups -OCH3 is 1. The molecule has 1 aliphatic rings. The van der Waals surface area contributed by atoms with Crippen LogP contribution in [0.5, 0.6) is 5.75 Å². The van der Waals surface area contributed by atoms with Gasteiger partial charge in [-0.1, -0.05) is 42.5 Å². The minimum atomic E-state index is -0.795. The fraction of sp³-hybridized carbons (Fsp3) is 0.158. The summed E-state index contributed by atoms with van der Waals surface area (Å²) >= 11 is 0. The Labute approximate surface area is 139 Å². The predicted molar refractivity (Wildman–Crippen MR) is 90.7 cm³/mol. The summed E-state index contributed by atoms with van der Waals surface area (Å²) < 4.78 is 10.6. The molecule has 0 fully saturated rings. The van der Waals surface area contributed by atoms with Crippen molar-refractivity contribution in [2.24, 2.45) is 4.99 Å². The largest absolute Gasteiger partial charge is 0.507 e. The van der Waals surface area contributed by atoms with Crippen molar-refractivity contribution in [3.63, 3.8) is 0 Å². The Kier molecular flexibility index (Phi) is 4.33. The number of benzene rings is 2. The zero-order chi connectivity index (χ0) is 17.1. The zero-order valence-corrected chi connectivity index (χ0v) is 13.4. The Hall–Kier alpha value is -3.08. The van der Waals surface area contributed by atoms with Crippen LogP contribution in [0.4, 0.5) is 5.69 Å². The highest BCUT2D eigenvalue weighted by molar-refractivity contribution is 6.21. The monoisotopic (exact) mass is 323 g/mol. The van der Waals surface area contributed by atoms with Crippen LogP contribution in [-0.2, 0) is 9.53 Å². The lowest BCUT2D eigenvalue weighted by Gasteiger charge is -2.09. The molecule has 2 aromatic carbocycles. The molecule has 0 saturated carbocycles. The summed E-state index contributed by atoms with van der Waals surface area (Å²) in [5, 5.41) is 10.5. The molecule has 0 amide bonds. The number of aliphatic hydroxyl groups excluding tert-OH is 1. The molecule has 24 heavy (non-hydrogen) atoms. The molecule has 0 radical (unpaired) electrons. The third-order valence-electron chi connectivity index (χ3n) is 3.77. The maximum atomic E-state index is 12.2. The van der Waals surface area contributed by atoms with E-state index in [1.807, 2.05) is 30.3 Å². The highest BCUT2D eigenvalue weighted by Crippen LogP contribution is 2.35. The van der Waals surface area contributed by atoms with Crippen LogP contribution in [0.15, 0.2) is 70.9 Å². The number of carbonyl (C=O) groups excluding carboxylic acids is 1. The molecule has 5 nitrogen and oxygen atoms in total. The SMILES string of the molecule is COc1ccccc1N=C(C)C1=C(O)C(c2ccccc2)OC1=O. The van der Waals surface area contributed by atoms with Crippen molar-refractivity contribution in [3.8, 4) is 5.75 Å². The molecule has 0 bridgehead atoms. The second kappa shape index (κ2) is 6.58. The molecule has 0 spiro atoms. The van der Waals surface area contributed by atoms with Gasteiger partial charge in [-0.2, -0.15) is 0 Å². The lowest BCUT2D eigenvalue weighted by molar-refractivity contribution is -0.140. The van der Waals surface area contributed by atoms with Gasteiger partial charge < -0.3 is 14.6 Å². The number of para-hydroxylation sites is 2. The van der Waals surface area contributed by atoms with E-state index < -0.39 is 12.1 Å². The molecule has 0 saturated heterocycles. The molecule has 1 atom stereocenters. The van der Waals surface area contributed by atoms with E-state index in [-0.39, 0.29) is 11.3 Å². The van der Waals surface area contributed by atoms with Gasteiger partial charge in [0, 0.05) is 5.56 Å². The number of aliphatic imine (C=N–C) groups is 1. The van der Waals surface area contributed by atoms with Gasteiger partial charge in [-0.05, 0) is 19.1 Å². The standard InChI is InChI=1S/C19H17NO4/c1-12(20-14-10-6-7-11-15(14)23-2)16-17(21)18(24-19(16)22)13-8-4-3-5-9-13/h3-11,18,21H,1-2H3. The van der Waals surface area contributed by atoms with Crippen molar-refractivity contribution >= 4 is 17.4 Å². The quantitative estimate of drug-likeness (QED) is 0.684. The first kappa shape index (κ1) is 15.8. The highest BCUT2D eigenvalue weighted by Gasteiger charge is 2.36. The number of ether oxygens (including phenoxy) is 2. The molecule has 2 aromatic rings. The van der Waals surface area contributed by atoms with E-state index in [9.17, 15) is 9.90 Å². The van der Waals surface area contributed by atoms with Crippen molar-refractivity contribution in [1.29, 1.82) is 0 Å². The number of hydrogen-bond acceptors (Lipinski definition) is 5. The Morgan fingerprint density at radius 1 is 1.12 bits per heavy atom. The first-order valence-corrected chi connectivity index (χ1v) is 7.49. The molecular weight excluding hydrogens is 306 g/mol. The number of carbonyl (C=O) groups is 1. The zero-order valence-electron chi connectivity index (χ0n) is 13.4. The van der Waals surface area contributed by atoms with E-state index in [4.69, 9.17) is 9.47 Å². The summed E-state index contributed by atoms with van der Waals surface area (Å²) in [4.78, 5) is 16.6. The average Bonchev–Trinajstić information content (AvgIpc) is 2.90. The maximum absolute atomic E-state index is 12.2. The van der Waals surface area contributed by atoms with Crippen molar-refractivity contribution in [2.45, 2.75) is 13.0 Å². The van der Waals surface area contributed by atoms with E-state index in [1.165, 1.54) is 0 Å². The van der Waals surface area contributed by atoms with E-state index in [0.29, 0.717) is 22.7 Å². The van der Waals surface area contributed by atoms with Crippen molar-refractivity contribution < 1.29 is 19.4 Å². The second-order valence-electron chi connectivity index (χ2n) is 5.33. The lowest BCUT2D eigenvalue weighted by Crippen LogP contribution is -2.08. The summed E-state index contributed by atoms with van der Waals surface area (Å²) in [6.45, 7) is 1.66. The van der Waals surface area contributed by atoms with Crippen LogP contribution in [-0.4, -0.2) is 23.9 Å². The van der Waals surface area contributed by atoms with Crippen LogP contribution < -0.4 is 4.74 Å². The molecule has 0 aliphatic carbocycles. The van der Waals surface area contributed by atoms with Crippen molar-refractivity contribution in [3.05, 3.63) is 71.5 Å². The van der Waals surface area contributed by atoms with Crippen molar-refractivity contribution in [2.75, 3.05) is 7.11 Å². The molecule has 1 N–H and O–H groups in total. The topological polar surface area (TPSA) is 68.1 Å². The summed E-state index contributed by atoms with van der Waals surface area (Å²) in [6.07, 6.45) is -0.795. The number of nitrogens with zero attached hydrogens (tertiary/aromatic N) is 1. The average molecular weight is 323 g/mol. The molecule has 3 rings (SSSR count). The van der Waals surface area contributed by atoms with Gasteiger partial charge in [0.2, 0.25) is 0 Å². The Bertz CT molecular complexity index is 824. The molecule has 0 aromatic heterocycles. The van der Waals surface area contributed by atoms with Crippen LogP contribution in [0.25, 0.3) is 0 Å². The Balaban J connectivity index is 1.99. The number of hydrogen-bond donors (Lipinski definition) is 1. The summed E-state index contributed by atoms with van der Waals surface area (Å²) in [6, 6.07) is 16.3. The molecular formula is C19H17NO4. The summed E-state index contributed by atoms with van der Waals surface area (Å²) in [5.41, 5.74) is 1.76. The van der Waals surface area contributed by atoms with E-state index in [1.54, 1.807) is 38.3 Å².